The van der Waals surface area contributed by atoms with Crippen LogP contribution in [0.1, 0.15) is 25.3 Å². The van der Waals surface area contributed by atoms with Gasteiger partial charge in [-0.3, -0.25) is 0 Å². The minimum Gasteiger partial charge on any atom is -0.313 e. The lowest BCUT2D eigenvalue weighted by atomic mass is 10.2. The zero-order valence-corrected chi connectivity index (χ0v) is 11.2. The van der Waals surface area contributed by atoms with Crippen molar-refractivity contribution in [3.8, 4) is 0 Å². The highest BCUT2D eigenvalue weighted by atomic mass is 35.5. The molecule has 88 valence electrons. The van der Waals surface area contributed by atoms with Crippen LogP contribution in [0.15, 0.2) is 24.3 Å². The lowest BCUT2D eigenvalue weighted by Crippen LogP contribution is -2.24. The summed E-state index contributed by atoms with van der Waals surface area (Å²) >= 11 is 7.85. The Hall–Kier alpha value is -0.180. The number of nitrogens with one attached hydrogen (secondary N) is 1. The lowest BCUT2D eigenvalue weighted by Gasteiger charge is -2.11. The predicted octanol–water partition coefficient (Wildman–Crippen LogP) is 3.71. The number of hydrogen-bond donors (Lipinski definition) is 1. The van der Waals surface area contributed by atoms with E-state index in [4.69, 9.17) is 11.6 Å². The summed E-state index contributed by atoms with van der Waals surface area (Å²) in [5.41, 5.74) is 1.35. The second kappa shape index (κ2) is 5.95. The Bertz CT molecular complexity index is 321. The van der Waals surface area contributed by atoms with Crippen LogP contribution in [0.2, 0.25) is 5.02 Å². The van der Waals surface area contributed by atoms with E-state index in [0.29, 0.717) is 5.25 Å². The molecule has 1 saturated carbocycles. The summed E-state index contributed by atoms with van der Waals surface area (Å²) in [5.74, 6) is 1.07. The van der Waals surface area contributed by atoms with Gasteiger partial charge in [0.2, 0.25) is 0 Å². The van der Waals surface area contributed by atoms with Gasteiger partial charge in [-0.15, -0.1) is 0 Å². The molecule has 1 aromatic rings. The Morgan fingerprint density at radius 3 is 2.69 bits per heavy atom. The summed E-state index contributed by atoms with van der Waals surface area (Å²) in [5, 5.41) is 5.05. The maximum atomic E-state index is 5.85. The monoisotopic (exact) mass is 255 g/mol. The molecule has 16 heavy (non-hydrogen) atoms. The second-order valence-electron chi connectivity index (χ2n) is 4.43. The summed E-state index contributed by atoms with van der Waals surface area (Å²) in [6.07, 6.45) is 2.74. The first-order chi connectivity index (χ1) is 7.74. The van der Waals surface area contributed by atoms with Gasteiger partial charge in [-0.2, -0.15) is 11.8 Å². The first-order valence-corrected chi connectivity index (χ1v) is 7.26. The Morgan fingerprint density at radius 1 is 1.38 bits per heavy atom. The summed E-state index contributed by atoms with van der Waals surface area (Å²) in [6.45, 7) is 3.42. The van der Waals surface area contributed by atoms with Crippen LogP contribution in [-0.4, -0.2) is 17.8 Å². The van der Waals surface area contributed by atoms with Gasteiger partial charge in [0.05, 0.1) is 0 Å². The van der Waals surface area contributed by atoms with Crippen LogP contribution in [0.25, 0.3) is 0 Å². The fraction of sp³-hybridized carbons (Fsp3) is 0.538. The van der Waals surface area contributed by atoms with Crippen molar-refractivity contribution in [1.29, 1.82) is 0 Å². The standard InChI is InChI=1S/C13H18ClNS/c1-10(8-15-13-6-7-13)16-9-11-2-4-12(14)5-3-11/h2-5,10,13,15H,6-9H2,1H3. The van der Waals surface area contributed by atoms with E-state index in [1.165, 1.54) is 18.4 Å². The summed E-state index contributed by atoms with van der Waals surface area (Å²) in [4.78, 5) is 0. The number of halogens is 1. The molecule has 0 aromatic heterocycles. The quantitative estimate of drug-likeness (QED) is 0.832. The van der Waals surface area contributed by atoms with Crippen molar-refractivity contribution < 1.29 is 0 Å². The van der Waals surface area contributed by atoms with Crippen LogP contribution in [-0.2, 0) is 5.75 Å². The minimum atomic E-state index is 0.677. The summed E-state index contributed by atoms with van der Waals surface area (Å²) < 4.78 is 0. The number of benzene rings is 1. The van der Waals surface area contributed by atoms with E-state index in [1.807, 2.05) is 23.9 Å². The number of hydrogen-bond acceptors (Lipinski definition) is 2. The van der Waals surface area contributed by atoms with E-state index in [1.54, 1.807) is 0 Å². The molecule has 2 rings (SSSR count). The smallest absolute Gasteiger partial charge is 0.0406 e. The van der Waals surface area contributed by atoms with E-state index in [0.717, 1.165) is 23.4 Å². The zero-order valence-electron chi connectivity index (χ0n) is 9.58. The lowest BCUT2D eigenvalue weighted by molar-refractivity contribution is 0.679. The van der Waals surface area contributed by atoms with Crippen molar-refractivity contribution in [3.63, 3.8) is 0 Å². The molecule has 1 atom stereocenters. The molecule has 1 fully saturated rings. The molecule has 1 nitrogen and oxygen atoms in total. The van der Waals surface area contributed by atoms with Gasteiger partial charge in [0, 0.05) is 28.6 Å². The van der Waals surface area contributed by atoms with Crippen molar-refractivity contribution in [2.45, 2.75) is 36.8 Å². The maximum Gasteiger partial charge on any atom is 0.0406 e. The highest BCUT2D eigenvalue weighted by Gasteiger charge is 2.20. The van der Waals surface area contributed by atoms with Crippen LogP contribution >= 0.6 is 23.4 Å². The van der Waals surface area contributed by atoms with Crippen LogP contribution in [0.5, 0.6) is 0 Å². The number of rotatable bonds is 6. The fourth-order valence-corrected chi connectivity index (χ4v) is 2.51. The van der Waals surface area contributed by atoms with Gasteiger partial charge in [0.1, 0.15) is 0 Å². The van der Waals surface area contributed by atoms with Gasteiger partial charge in [-0.1, -0.05) is 30.7 Å². The Labute approximate surface area is 107 Å². The van der Waals surface area contributed by atoms with E-state index < -0.39 is 0 Å². The topological polar surface area (TPSA) is 12.0 Å². The largest absolute Gasteiger partial charge is 0.313 e. The third kappa shape index (κ3) is 4.36. The molecular formula is C13H18ClNS. The summed E-state index contributed by atoms with van der Waals surface area (Å²) in [7, 11) is 0. The van der Waals surface area contributed by atoms with Crippen molar-refractivity contribution in [2.75, 3.05) is 6.54 Å². The maximum absolute atomic E-state index is 5.85. The highest BCUT2D eigenvalue weighted by molar-refractivity contribution is 7.99. The molecule has 0 aliphatic heterocycles. The molecule has 1 aliphatic rings. The Morgan fingerprint density at radius 2 is 2.06 bits per heavy atom. The average molecular weight is 256 g/mol. The third-order valence-corrected chi connectivity index (χ3v) is 4.21. The molecule has 1 aliphatic carbocycles. The molecule has 1 N–H and O–H groups in total. The molecule has 0 spiro atoms. The van der Waals surface area contributed by atoms with Gasteiger partial charge in [-0.25, -0.2) is 0 Å². The average Bonchev–Trinajstić information content (AvgIpc) is 3.09. The molecule has 0 saturated heterocycles. The molecule has 0 radical (unpaired) electrons. The second-order valence-corrected chi connectivity index (χ2v) is 6.29. The van der Waals surface area contributed by atoms with Crippen molar-refractivity contribution >= 4 is 23.4 Å². The molecule has 1 unspecified atom stereocenters. The van der Waals surface area contributed by atoms with E-state index in [9.17, 15) is 0 Å². The van der Waals surface area contributed by atoms with Gasteiger partial charge < -0.3 is 5.32 Å². The normalized spacial score (nSPS) is 17.4. The third-order valence-electron chi connectivity index (χ3n) is 2.72. The fourth-order valence-electron chi connectivity index (χ4n) is 1.50. The molecule has 3 heteroatoms. The zero-order chi connectivity index (χ0) is 11.4. The SMILES string of the molecule is CC(CNC1CC1)SCc1ccc(Cl)cc1. The molecule has 0 bridgehead atoms. The Balaban J connectivity index is 1.67. The predicted molar refractivity (Wildman–Crippen MR) is 73.2 cm³/mol. The molecule has 1 aromatic carbocycles. The van der Waals surface area contributed by atoms with Gasteiger partial charge in [0.25, 0.3) is 0 Å². The van der Waals surface area contributed by atoms with Crippen molar-refractivity contribution in [3.05, 3.63) is 34.9 Å². The molecular weight excluding hydrogens is 238 g/mol. The van der Waals surface area contributed by atoms with Crippen LogP contribution in [0.4, 0.5) is 0 Å². The van der Waals surface area contributed by atoms with E-state index >= 15 is 0 Å². The minimum absolute atomic E-state index is 0.677. The first-order valence-electron chi connectivity index (χ1n) is 5.83. The number of thioether (sulfide) groups is 1. The molecule has 0 heterocycles. The van der Waals surface area contributed by atoms with Gasteiger partial charge in [0.15, 0.2) is 0 Å². The molecule has 0 amide bonds. The first kappa shape index (κ1) is 12.3. The van der Waals surface area contributed by atoms with Crippen LogP contribution < -0.4 is 5.32 Å². The highest BCUT2D eigenvalue weighted by Crippen LogP contribution is 2.22. The van der Waals surface area contributed by atoms with E-state index in [-0.39, 0.29) is 0 Å². The van der Waals surface area contributed by atoms with E-state index in [2.05, 4.69) is 24.4 Å². The van der Waals surface area contributed by atoms with Crippen LogP contribution in [0, 0.1) is 0 Å². The van der Waals surface area contributed by atoms with Gasteiger partial charge in [-0.05, 0) is 30.5 Å². The summed E-state index contributed by atoms with van der Waals surface area (Å²) in [6, 6.07) is 8.96. The van der Waals surface area contributed by atoms with Crippen molar-refractivity contribution in [1.82, 2.24) is 5.32 Å². The van der Waals surface area contributed by atoms with Crippen molar-refractivity contribution in [2.24, 2.45) is 0 Å². The Kier molecular flexibility index (Phi) is 4.56. The van der Waals surface area contributed by atoms with Gasteiger partial charge >= 0.3 is 0 Å². The van der Waals surface area contributed by atoms with Crippen LogP contribution in [0.3, 0.4) is 0 Å².